The first-order chi connectivity index (χ1) is 11.1. The van der Waals surface area contributed by atoms with Crippen LogP contribution in [0.15, 0.2) is 22.9 Å². The van der Waals surface area contributed by atoms with E-state index in [0.717, 1.165) is 43.4 Å². The molecular formula is C17H23N3OS2. The minimum absolute atomic E-state index is 0.300. The van der Waals surface area contributed by atoms with Crippen molar-refractivity contribution in [3.8, 4) is 10.6 Å². The predicted octanol–water partition coefficient (Wildman–Crippen LogP) is 3.56. The third-order valence-electron chi connectivity index (χ3n) is 3.99. The van der Waals surface area contributed by atoms with Crippen molar-refractivity contribution < 1.29 is 4.79 Å². The van der Waals surface area contributed by atoms with Crippen LogP contribution in [0.25, 0.3) is 10.6 Å². The largest absolute Gasteiger partial charge is 0.340 e. The number of amides is 1. The van der Waals surface area contributed by atoms with Gasteiger partial charge in [0.05, 0.1) is 17.1 Å². The lowest BCUT2D eigenvalue weighted by atomic mass is 10.1. The van der Waals surface area contributed by atoms with Gasteiger partial charge in [-0.05, 0) is 17.4 Å². The van der Waals surface area contributed by atoms with Crippen LogP contribution in [0.3, 0.4) is 0 Å². The van der Waals surface area contributed by atoms with Gasteiger partial charge in [-0.15, -0.1) is 22.7 Å². The lowest BCUT2D eigenvalue weighted by Gasteiger charge is -2.34. The molecule has 1 saturated heterocycles. The van der Waals surface area contributed by atoms with Crippen molar-refractivity contribution in [3.05, 3.63) is 27.9 Å². The van der Waals surface area contributed by atoms with E-state index in [1.54, 1.807) is 22.7 Å². The molecule has 1 amide bonds. The van der Waals surface area contributed by atoms with E-state index in [9.17, 15) is 4.79 Å². The number of hydrogen-bond acceptors (Lipinski definition) is 5. The zero-order valence-corrected chi connectivity index (χ0v) is 15.3. The molecule has 3 heterocycles. The molecule has 0 aliphatic carbocycles. The Morgan fingerprint density at radius 2 is 2.04 bits per heavy atom. The number of aromatic nitrogens is 1. The summed E-state index contributed by atoms with van der Waals surface area (Å²) in [7, 11) is 0. The maximum Gasteiger partial charge on any atom is 0.222 e. The maximum atomic E-state index is 12.1. The third-order valence-corrected chi connectivity index (χ3v) is 5.72. The van der Waals surface area contributed by atoms with Gasteiger partial charge in [0.2, 0.25) is 5.91 Å². The van der Waals surface area contributed by atoms with Gasteiger partial charge in [-0.3, -0.25) is 9.69 Å². The average Bonchev–Trinajstić information content (AvgIpc) is 3.18. The highest BCUT2D eigenvalue weighted by atomic mass is 32.1. The van der Waals surface area contributed by atoms with Crippen molar-refractivity contribution in [1.82, 2.24) is 14.8 Å². The van der Waals surface area contributed by atoms with Crippen LogP contribution in [0, 0.1) is 5.92 Å². The van der Waals surface area contributed by atoms with Crippen molar-refractivity contribution in [2.24, 2.45) is 5.92 Å². The summed E-state index contributed by atoms with van der Waals surface area (Å²) >= 11 is 3.46. The first kappa shape index (κ1) is 16.6. The molecule has 2 aromatic rings. The molecule has 2 aromatic heterocycles. The smallest absolute Gasteiger partial charge is 0.222 e. The van der Waals surface area contributed by atoms with Crippen LogP contribution in [0.4, 0.5) is 0 Å². The molecule has 0 N–H and O–H groups in total. The fraction of sp³-hybridized carbons (Fsp3) is 0.529. The Hall–Kier alpha value is -1.24. The van der Waals surface area contributed by atoms with Gasteiger partial charge in [0, 0.05) is 38.0 Å². The number of rotatable bonds is 5. The molecule has 124 valence electrons. The first-order valence-corrected chi connectivity index (χ1v) is 9.86. The highest BCUT2D eigenvalue weighted by molar-refractivity contribution is 7.14. The molecule has 0 spiro atoms. The van der Waals surface area contributed by atoms with Crippen molar-refractivity contribution in [3.63, 3.8) is 0 Å². The van der Waals surface area contributed by atoms with E-state index in [2.05, 4.69) is 41.6 Å². The van der Waals surface area contributed by atoms with Crippen molar-refractivity contribution >= 4 is 28.6 Å². The summed E-state index contributed by atoms with van der Waals surface area (Å²) in [4.78, 5) is 22.5. The fourth-order valence-corrected chi connectivity index (χ4v) is 4.34. The summed E-state index contributed by atoms with van der Waals surface area (Å²) in [6.07, 6.45) is 0.663. The van der Waals surface area contributed by atoms with E-state index in [1.807, 2.05) is 4.90 Å². The van der Waals surface area contributed by atoms with Gasteiger partial charge < -0.3 is 4.90 Å². The predicted molar refractivity (Wildman–Crippen MR) is 96.7 cm³/mol. The van der Waals surface area contributed by atoms with Crippen molar-refractivity contribution in [1.29, 1.82) is 0 Å². The van der Waals surface area contributed by atoms with Gasteiger partial charge in [-0.1, -0.05) is 19.9 Å². The number of hydrogen-bond donors (Lipinski definition) is 0. The standard InChI is InChI=1S/C17H23N3OS2/c1-13(2)10-17(21)20-7-5-19(6-8-20)11-16-18-14(12-23-16)15-4-3-9-22-15/h3-4,9,12-13H,5-8,10-11H2,1-2H3. The monoisotopic (exact) mass is 349 g/mol. The summed E-state index contributed by atoms with van der Waals surface area (Å²) < 4.78 is 0. The Labute approximate surface area is 145 Å². The first-order valence-electron chi connectivity index (χ1n) is 8.10. The summed E-state index contributed by atoms with van der Waals surface area (Å²) in [6.45, 7) is 8.66. The lowest BCUT2D eigenvalue weighted by Crippen LogP contribution is -2.48. The van der Waals surface area contributed by atoms with E-state index in [1.165, 1.54) is 4.88 Å². The number of thiazole rings is 1. The molecule has 4 nitrogen and oxygen atoms in total. The Bertz CT molecular complexity index is 628. The topological polar surface area (TPSA) is 36.4 Å². The molecular weight excluding hydrogens is 326 g/mol. The van der Waals surface area contributed by atoms with Crippen LogP contribution in [-0.4, -0.2) is 46.9 Å². The van der Waals surface area contributed by atoms with Crippen LogP contribution >= 0.6 is 22.7 Å². The van der Waals surface area contributed by atoms with Crippen molar-refractivity contribution in [2.45, 2.75) is 26.8 Å². The second kappa shape index (κ2) is 7.55. The number of piperazine rings is 1. The molecule has 6 heteroatoms. The Kier molecular flexibility index (Phi) is 5.46. The maximum absolute atomic E-state index is 12.1. The Morgan fingerprint density at radius 1 is 1.26 bits per heavy atom. The Morgan fingerprint density at radius 3 is 2.70 bits per heavy atom. The molecule has 0 radical (unpaired) electrons. The van der Waals surface area contributed by atoms with Gasteiger partial charge in [-0.2, -0.15) is 0 Å². The van der Waals surface area contributed by atoms with E-state index < -0.39 is 0 Å². The normalized spacial score (nSPS) is 16.2. The summed E-state index contributed by atoms with van der Waals surface area (Å²) in [5.74, 6) is 0.736. The molecule has 0 saturated carbocycles. The summed E-state index contributed by atoms with van der Waals surface area (Å²) in [6, 6.07) is 4.18. The van der Waals surface area contributed by atoms with Crippen LogP contribution in [-0.2, 0) is 11.3 Å². The third kappa shape index (κ3) is 4.40. The molecule has 0 aromatic carbocycles. The molecule has 1 aliphatic heterocycles. The highest BCUT2D eigenvalue weighted by Crippen LogP contribution is 2.26. The molecule has 0 atom stereocenters. The highest BCUT2D eigenvalue weighted by Gasteiger charge is 2.22. The zero-order valence-electron chi connectivity index (χ0n) is 13.7. The van der Waals surface area contributed by atoms with Gasteiger partial charge in [0.1, 0.15) is 5.01 Å². The number of nitrogens with zero attached hydrogens (tertiary/aromatic N) is 3. The van der Waals surface area contributed by atoms with Crippen LogP contribution in [0.1, 0.15) is 25.3 Å². The van der Waals surface area contributed by atoms with Crippen molar-refractivity contribution in [2.75, 3.05) is 26.2 Å². The summed E-state index contributed by atoms with van der Waals surface area (Å²) in [5.41, 5.74) is 1.09. The second-order valence-electron chi connectivity index (χ2n) is 6.36. The quantitative estimate of drug-likeness (QED) is 0.828. The lowest BCUT2D eigenvalue weighted by molar-refractivity contribution is -0.133. The minimum atomic E-state index is 0.300. The van der Waals surface area contributed by atoms with E-state index in [4.69, 9.17) is 4.98 Å². The van der Waals surface area contributed by atoms with E-state index in [-0.39, 0.29) is 0 Å². The van der Waals surface area contributed by atoms with Gasteiger partial charge >= 0.3 is 0 Å². The van der Waals surface area contributed by atoms with Crippen LogP contribution in [0.5, 0.6) is 0 Å². The van der Waals surface area contributed by atoms with E-state index >= 15 is 0 Å². The van der Waals surface area contributed by atoms with Crippen LogP contribution < -0.4 is 0 Å². The molecule has 23 heavy (non-hydrogen) atoms. The number of carbonyl (C=O) groups excluding carboxylic acids is 1. The molecule has 0 bridgehead atoms. The van der Waals surface area contributed by atoms with E-state index in [0.29, 0.717) is 18.2 Å². The van der Waals surface area contributed by atoms with Crippen LogP contribution in [0.2, 0.25) is 0 Å². The molecule has 0 unspecified atom stereocenters. The van der Waals surface area contributed by atoms with Gasteiger partial charge in [-0.25, -0.2) is 4.98 Å². The zero-order chi connectivity index (χ0) is 16.2. The molecule has 3 rings (SSSR count). The number of thiophene rings is 1. The van der Waals surface area contributed by atoms with Gasteiger partial charge in [0.25, 0.3) is 0 Å². The fourth-order valence-electron chi connectivity index (χ4n) is 2.75. The Balaban J connectivity index is 1.50. The minimum Gasteiger partial charge on any atom is -0.340 e. The molecule has 1 fully saturated rings. The summed E-state index contributed by atoms with van der Waals surface area (Å²) in [5, 5.41) is 5.39. The molecule has 1 aliphatic rings. The van der Waals surface area contributed by atoms with Gasteiger partial charge in [0.15, 0.2) is 0 Å². The number of carbonyl (C=O) groups is 1. The average molecular weight is 350 g/mol. The SMILES string of the molecule is CC(C)CC(=O)N1CCN(Cc2nc(-c3cccs3)cs2)CC1. The second-order valence-corrected chi connectivity index (χ2v) is 8.25.